The summed E-state index contributed by atoms with van der Waals surface area (Å²) in [6.07, 6.45) is -3.84. The average molecular weight is 370 g/mol. The number of carboxylic acid groups (broad SMARTS) is 1. The normalized spacial score (nSPS) is 13.9. The molecule has 0 aliphatic heterocycles. The molecule has 0 aliphatic carbocycles. The molecular formula is C15H12F3N5O3. The molecule has 3 heterocycles. The van der Waals surface area contributed by atoms with Crippen molar-refractivity contribution < 1.29 is 31.9 Å². The maximum absolute atomic E-state index is 13.5. The number of alkyl halides is 3. The Morgan fingerprint density at radius 1 is 1.42 bits per heavy atom. The van der Waals surface area contributed by atoms with Gasteiger partial charge in [0.25, 0.3) is 0 Å². The van der Waals surface area contributed by atoms with Crippen LogP contribution in [0.5, 0.6) is 5.88 Å². The largest absolute Gasteiger partial charge is 0.480 e. The Kier molecular flexibility index (Phi) is 3.13. The van der Waals surface area contributed by atoms with Crippen LogP contribution in [0.3, 0.4) is 0 Å². The van der Waals surface area contributed by atoms with E-state index in [2.05, 4.69) is 19.8 Å². The minimum atomic E-state index is -4.79. The first-order valence-electron chi connectivity index (χ1n) is 8.43. The van der Waals surface area contributed by atoms with Crippen molar-refractivity contribution in [2.24, 2.45) is 0 Å². The highest BCUT2D eigenvalue weighted by Crippen LogP contribution is 2.39. The number of carboxylic acids is 1. The smallest absolute Gasteiger partial charge is 0.418 e. The molecule has 3 aromatic heterocycles. The Balaban J connectivity index is 2.32. The molecule has 3 N–H and O–H groups in total. The van der Waals surface area contributed by atoms with Gasteiger partial charge in [-0.05, 0) is 19.1 Å². The molecule has 0 amide bonds. The van der Waals surface area contributed by atoms with Crippen molar-refractivity contribution in [1.29, 1.82) is 0 Å². The molecule has 0 fully saturated rings. The SMILES string of the molecule is [2H]C([2H])([2H])Oc1nc(C)c(-c2cc(C(F)(F)F)c3c(N)ncnn23)cc1C(=O)O. The van der Waals surface area contributed by atoms with Crippen LogP contribution in [0.1, 0.15) is 25.7 Å². The maximum Gasteiger partial charge on any atom is 0.418 e. The second-order valence-corrected chi connectivity index (χ2v) is 5.23. The van der Waals surface area contributed by atoms with E-state index in [1.807, 2.05) is 0 Å². The number of aryl methyl sites for hydroxylation is 1. The van der Waals surface area contributed by atoms with Gasteiger partial charge in [0.2, 0.25) is 5.88 Å². The molecule has 0 atom stereocenters. The molecular weight excluding hydrogens is 355 g/mol. The summed E-state index contributed by atoms with van der Waals surface area (Å²) in [4.78, 5) is 18.9. The molecule has 0 saturated carbocycles. The molecule has 11 heteroatoms. The van der Waals surface area contributed by atoms with Crippen molar-refractivity contribution >= 4 is 17.3 Å². The lowest BCUT2D eigenvalue weighted by Gasteiger charge is -2.10. The fourth-order valence-corrected chi connectivity index (χ4v) is 2.55. The lowest BCUT2D eigenvalue weighted by molar-refractivity contribution is -0.136. The lowest BCUT2D eigenvalue weighted by atomic mass is 10.1. The molecule has 0 aliphatic rings. The Morgan fingerprint density at radius 3 is 2.77 bits per heavy atom. The van der Waals surface area contributed by atoms with E-state index in [1.54, 1.807) is 0 Å². The molecule has 8 nitrogen and oxygen atoms in total. The molecule has 0 radical (unpaired) electrons. The topological polar surface area (TPSA) is 116 Å². The van der Waals surface area contributed by atoms with E-state index in [4.69, 9.17) is 9.85 Å². The first-order chi connectivity index (χ1) is 13.3. The summed E-state index contributed by atoms with van der Waals surface area (Å²) >= 11 is 0. The number of hydrogen-bond acceptors (Lipinski definition) is 6. The minimum absolute atomic E-state index is 0.0135. The molecule has 0 saturated heterocycles. The summed E-state index contributed by atoms with van der Waals surface area (Å²) in [5.74, 6) is -2.70. The summed E-state index contributed by atoms with van der Waals surface area (Å²) in [6.45, 7) is 1.35. The van der Waals surface area contributed by atoms with Crippen molar-refractivity contribution in [3.8, 4) is 17.1 Å². The summed E-state index contributed by atoms with van der Waals surface area (Å²) < 4.78 is 67.2. The number of methoxy groups -OCH3 is 1. The monoisotopic (exact) mass is 370 g/mol. The van der Waals surface area contributed by atoms with Crippen molar-refractivity contribution in [3.63, 3.8) is 0 Å². The van der Waals surface area contributed by atoms with E-state index in [1.165, 1.54) is 6.92 Å². The zero-order valence-electron chi connectivity index (χ0n) is 16.0. The lowest BCUT2D eigenvalue weighted by Crippen LogP contribution is -2.08. The Morgan fingerprint density at radius 2 is 2.15 bits per heavy atom. The Bertz CT molecular complexity index is 1130. The molecule has 3 aromatic rings. The summed E-state index contributed by atoms with van der Waals surface area (Å²) in [7, 11) is -2.97. The maximum atomic E-state index is 13.5. The van der Waals surface area contributed by atoms with Crippen LogP contribution in [0.15, 0.2) is 18.5 Å². The number of fused-ring (bicyclic) bond motifs is 1. The molecule has 26 heavy (non-hydrogen) atoms. The average Bonchev–Trinajstić information content (AvgIpc) is 2.94. The van der Waals surface area contributed by atoms with Gasteiger partial charge in [-0.2, -0.15) is 18.3 Å². The summed E-state index contributed by atoms with van der Waals surface area (Å²) in [6, 6.07) is 1.70. The van der Waals surface area contributed by atoms with E-state index in [0.717, 1.165) is 23.0 Å². The van der Waals surface area contributed by atoms with E-state index in [9.17, 15) is 23.1 Å². The van der Waals surface area contributed by atoms with Crippen LogP contribution in [0.2, 0.25) is 0 Å². The first-order valence-corrected chi connectivity index (χ1v) is 6.93. The number of nitrogens with zero attached hydrogens (tertiary/aromatic N) is 4. The molecule has 136 valence electrons. The van der Waals surface area contributed by atoms with Crippen LogP contribution < -0.4 is 10.5 Å². The zero-order valence-corrected chi connectivity index (χ0v) is 13.0. The molecule has 0 aromatic carbocycles. The van der Waals surface area contributed by atoms with Crippen LogP contribution in [0, 0.1) is 6.92 Å². The van der Waals surface area contributed by atoms with Crippen LogP contribution in [-0.2, 0) is 6.18 Å². The number of nitrogens with two attached hydrogens (primary N) is 1. The number of halogens is 3. The fraction of sp³-hybridized carbons (Fsp3) is 0.200. The first kappa shape index (κ1) is 13.9. The van der Waals surface area contributed by atoms with Gasteiger partial charge in [-0.25, -0.2) is 19.3 Å². The number of aromatic nitrogens is 4. The second kappa shape index (κ2) is 5.86. The fourth-order valence-electron chi connectivity index (χ4n) is 2.55. The second-order valence-electron chi connectivity index (χ2n) is 5.23. The highest BCUT2D eigenvalue weighted by molar-refractivity contribution is 5.92. The zero-order chi connectivity index (χ0) is 21.7. The van der Waals surface area contributed by atoms with Gasteiger partial charge in [0.15, 0.2) is 5.82 Å². The van der Waals surface area contributed by atoms with Gasteiger partial charge in [-0.3, -0.25) is 0 Å². The van der Waals surface area contributed by atoms with Crippen molar-refractivity contribution in [2.45, 2.75) is 13.1 Å². The van der Waals surface area contributed by atoms with Gasteiger partial charge >= 0.3 is 12.1 Å². The number of rotatable bonds is 3. The molecule has 0 unspecified atom stereocenters. The van der Waals surface area contributed by atoms with Crippen LogP contribution in [0.25, 0.3) is 16.8 Å². The number of nitrogen functional groups attached to an aromatic ring is 1. The third-order valence-electron chi connectivity index (χ3n) is 3.67. The summed E-state index contributed by atoms with van der Waals surface area (Å²) in [5.41, 5.74) is 3.14. The van der Waals surface area contributed by atoms with E-state index < -0.39 is 47.5 Å². The van der Waals surface area contributed by atoms with E-state index in [0.29, 0.717) is 0 Å². The molecule has 3 rings (SSSR count). The van der Waals surface area contributed by atoms with E-state index >= 15 is 0 Å². The van der Waals surface area contributed by atoms with Crippen LogP contribution in [-0.4, -0.2) is 37.7 Å². The highest BCUT2D eigenvalue weighted by atomic mass is 19.4. The number of ether oxygens (including phenoxy) is 1. The van der Waals surface area contributed by atoms with Gasteiger partial charge in [-0.1, -0.05) is 0 Å². The quantitative estimate of drug-likeness (QED) is 0.727. The van der Waals surface area contributed by atoms with Gasteiger partial charge in [0.05, 0.1) is 28.1 Å². The third-order valence-corrected chi connectivity index (χ3v) is 3.67. The van der Waals surface area contributed by atoms with Gasteiger partial charge in [-0.15, -0.1) is 0 Å². The Hall–Kier alpha value is -3.37. The Labute approximate surface area is 148 Å². The standard InChI is InChI=1S/C15H12F3N5O3/c1-6-7(3-8(14(24)25)13(22-6)26-2)10-4-9(15(16,17)18)11-12(19)20-5-21-23(10)11/h3-5H,1-2H3,(H,24,25)(H2,19,20,21)/i2D3. The predicted octanol–water partition coefficient (Wildman–Crippen LogP) is 2.41. The van der Waals surface area contributed by atoms with Gasteiger partial charge in [0.1, 0.15) is 17.4 Å². The van der Waals surface area contributed by atoms with Crippen molar-refractivity contribution in [2.75, 3.05) is 12.8 Å². The number of carbonyl (C=O) groups is 1. The molecule has 0 bridgehead atoms. The number of hydrogen-bond donors (Lipinski definition) is 2. The van der Waals surface area contributed by atoms with Crippen LogP contribution >= 0.6 is 0 Å². The predicted molar refractivity (Wildman–Crippen MR) is 83.9 cm³/mol. The minimum Gasteiger partial charge on any atom is -0.480 e. The van der Waals surface area contributed by atoms with Crippen molar-refractivity contribution in [1.82, 2.24) is 19.6 Å². The highest BCUT2D eigenvalue weighted by Gasteiger charge is 2.37. The molecule has 0 spiro atoms. The van der Waals surface area contributed by atoms with E-state index in [-0.39, 0.29) is 17.0 Å². The number of aromatic carboxylic acids is 1. The number of pyridine rings is 1. The summed E-state index contributed by atoms with van der Waals surface area (Å²) in [5, 5.41) is 13.2. The van der Waals surface area contributed by atoms with Crippen molar-refractivity contribution in [3.05, 3.63) is 35.3 Å². The third kappa shape index (κ3) is 2.66. The van der Waals surface area contributed by atoms with Gasteiger partial charge in [0, 0.05) is 5.56 Å². The number of anilines is 1. The van der Waals surface area contributed by atoms with Gasteiger partial charge < -0.3 is 15.6 Å². The van der Waals surface area contributed by atoms with Crippen LogP contribution in [0.4, 0.5) is 19.0 Å².